The van der Waals surface area contributed by atoms with Crippen LogP contribution in [0.15, 0.2) is 36.7 Å². The van der Waals surface area contributed by atoms with Crippen molar-refractivity contribution in [2.75, 3.05) is 0 Å². The van der Waals surface area contributed by atoms with E-state index in [1.807, 2.05) is 7.05 Å². The second-order valence-corrected chi connectivity index (χ2v) is 5.67. The first-order valence-electron chi connectivity index (χ1n) is 5.89. The molecule has 0 saturated heterocycles. The van der Waals surface area contributed by atoms with E-state index in [1.165, 1.54) is 12.1 Å². The Hall–Kier alpha value is -1.76. The lowest BCUT2D eigenvalue weighted by Gasteiger charge is -2.07. The summed E-state index contributed by atoms with van der Waals surface area (Å²) in [6, 6.07) is 6.25. The van der Waals surface area contributed by atoms with Gasteiger partial charge in [0.05, 0.1) is 5.75 Å². The molecule has 2 aromatic rings. The molecule has 0 spiro atoms. The van der Waals surface area contributed by atoms with Crippen LogP contribution in [0.4, 0.5) is 8.78 Å². The van der Waals surface area contributed by atoms with E-state index >= 15 is 0 Å². The highest BCUT2D eigenvalue weighted by Gasteiger charge is 2.09. The number of benzene rings is 1. The molecular weight excluding hydrogens is 286 g/mol. The molecule has 0 unspecified atom stereocenters. The number of hydrogen-bond donors (Lipinski definition) is 0. The van der Waals surface area contributed by atoms with Gasteiger partial charge in [0.2, 0.25) is 0 Å². The van der Waals surface area contributed by atoms with Crippen LogP contribution in [0.1, 0.15) is 11.4 Å². The largest absolute Gasteiger partial charge is 0.435 e. The molecule has 4 nitrogen and oxygen atoms in total. The number of aromatic nitrogens is 2. The van der Waals surface area contributed by atoms with Crippen LogP contribution in [0.2, 0.25) is 0 Å². The third kappa shape index (κ3) is 4.12. The molecule has 0 aliphatic rings. The Morgan fingerprint density at radius 2 is 2.20 bits per heavy atom. The topological polar surface area (TPSA) is 44.1 Å². The van der Waals surface area contributed by atoms with Crippen LogP contribution < -0.4 is 4.74 Å². The van der Waals surface area contributed by atoms with Crippen LogP contribution in [0.25, 0.3) is 0 Å². The van der Waals surface area contributed by atoms with Gasteiger partial charge in [0, 0.05) is 36.0 Å². The average molecular weight is 300 g/mol. The lowest BCUT2D eigenvalue weighted by Crippen LogP contribution is -2.06. The summed E-state index contributed by atoms with van der Waals surface area (Å²) in [6.07, 6.45) is 3.42. The summed E-state index contributed by atoms with van der Waals surface area (Å²) in [7, 11) is 0.672. The Kier molecular flexibility index (Phi) is 4.84. The molecule has 0 bridgehead atoms. The van der Waals surface area contributed by atoms with Gasteiger partial charge < -0.3 is 9.30 Å². The van der Waals surface area contributed by atoms with Crippen molar-refractivity contribution in [3.63, 3.8) is 0 Å². The van der Waals surface area contributed by atoms with Crippen LogP contribution in [0.3, 0.4) is 0 Å². The standard InChI is InChI=1S/C13H14F2N2O2S/c1-17-6-5-16-12(17)9-20(18)8-10-3-2-4-11(7-10)19-13(14)15/h2-7,13H,8-9H2,1H3/t20-/m1/s1. The molecule has 1 aromatic heterocycles. The molecule has 0 fully saturated rings. The van der Waals surface area contributed by atoms with Gasteiger partial charge in [0.25, 0.3) is 0 Å². The van der Waals surface area contributed by atoms with E-state index in [-0.39, 0.29) is 11.5 Å². The third-order valence-electron chi connectivity index (χ3n) is 2.66. The summed E-state index contributed by atoms with van der Waals surface area (Å²) >= 11 is 0. The van der Waals surface area contributed by atoms with Gasteiger partial charge in [-0.3, -0.25) is 4.21 Å². The fourth-order valence-electron chi connectivity index (χ4n) is 1.73. The third-order valence-corrected chi connectivity index (χ3v) is 3.90. The summed E-state index contributed by atoms with van der Waals surface area (Å²) in [5.74, 6) is 1.39. The number of rotatable bonds is 6. The molecule has 1 atom stereocenters. The monoisotopic (exact) mass is 300 g/mol. The predicted octanol–water partition coefficient (Wildman–Crippen LogP) is 2.47. The van der Waals surface area contributed by atoms with E-state index < -0.39 is 17.4 Å². The smallest absolute Gasteiger partial charge is 0.387 e. The van der Waals surface area contributed by atoms with Crippen molar-refractivity contribution in [1.29, 1.82) is 0 Å². The number of imidazole rings is 1. The molecule has 108 valence electrons. The molecule has 0 saturated carbocycles. The van der Waals surface area contributed by atoms with Crippen molar-refractivity contribution >= 4 is 10.8 Å². The molecule has 1 aromatic carbocycles. The van der Waals surface area contributed by atoms with E-state index in [1.54, 1.807) is 29.1 Å². The predicted molar refractivity (Wildman–Crippen MR) is 71.8 cm³/mol. The minimum Gasteiger partial charge on any atom is -0.435 e. The van der Waals surface area contributed by atoms with Crippen LogP contribution in [0, 0.1) is 0 Å². The second kappa shape index (κ2) is 6.60. The second-order valence-electron chi connectivity index (χ2n) is 4.21. The normalized spacial score (nSPS) is 12.6. The van der Waals surface area contributed by atoms with E-state index in [2.05, 4.69) is 9.72 Å². The lowest BCUT2D eigenvalue weighted by molar-refractivity contribution is -0.0498. The van der Waals surface area contributed by atoms with Crippen molar-refractivity contribution in [1.82, 2.24) is 9.55 Å². The Labute approximate surface area is 117 Å². The highest BCUT2D eigenvalue weighted by Crippen LogP contribution is 2.17. The van der Waals surface area contributed by atoms with Gasteiger partial charge in [-0.2, -0.15) is 8.78 Å². The quantitative estimate of drug-likeness (QED) is 0.823. The number of hydrogen-bond acceptors (Lipinski definition) is 3. The van der Waals surface area contributed by atoms with E-state index in [9.17, 15) is 13.0 Å². The van der Waals surface area contributed by atoms with E-state index in [0.29, 0.717) is 11.3 Å². The van der Waals surface area contributed by atoms with E-state index in [0.717, 1.165) is 5.82 Å². The number of aryl methyl sites for hydroxylation is 1. The molecule has 1 heterocycles. The molecule has 0 amide bonds. The maximum atomic E-state index is 12.1. The average Bonchev–Trinajstić information content (AvgIpc) is 2.74. The van der Waals surface area contributed by atoms with Gasteiger partial charge in [0.15, 0.2) is 0 Å². The molecule has 2 rings (SSSR count). The zero-order valence-corrected chi connectivity index (χ0v) is 11.6. The molecule has 0 aliphatic heterocycles. The maximum Gasteiger partial charge on any atom is 0.387 e. The van der Waals surface area contributed by atoms with Gasteiger partial charge >= 0.3 is 6.61 Å². The van der Waals surface area contributed by atoms with Crippen LogP contribution in [0.5, 0.6) is 5.75 Å². The highest BCUT2D eigenvalue weighted by molar-refractivity contribution is 7.83. The summed E-state index contributed by atoms with van der Waals surface area (Å²) in [4.78, 5) is 4.10. The molecule has 0 radical (unpaired) electrons. The minimum atomic E-state index is -2.86. The Balaban J connectivity index is 1.99. The van der Waals surface area contributed by atoms with Crippen molar-refractivity contribution < 1.29 is 17.7 Å². The summed E-state index contributed by atoms with van der Waals surface area (Å²) < 4.78 is 42.4. The summed E-state index contributed by atoms with van der Waals surface area (Å²) in [6.45, 7) is -2.86. The first-order chi connectivity index (χ1) is 9.54. The maximum absolute atomic E-state index is 12.1. The van der Waals surface area contributed by atoms with Gasteiger partial charge in [-0.25, -0.2) is 4.98 Å². The van der Waals surface area contributed by atoms with Crippen molar-refractivity contribution in [3.8, 4) is 5.75 Å². The molecule has 20 heavy (non-hydrogen) atoms. The molecule has 7 heteroatoms. The fraction of sp³-hybridized carbons (Fsp3) is 0.308. The van der Waals surface area contributed by atoms with Crippen molar-refractivity contribution in [3.05, 3.63) is 48.0 Å². The molecular formula is C13H14F2N2O2S. The van der Waals surface area contributed by atoms with Crippen LogP contribution in [-0.4, -0.2) is 20.4 Å². The Morgan fingerprint density at radius 3 is 2.85 bits per heavy atom. The summed E-state index contributed by atoms with van der Waals surface area (Å²) in [5.41, 5.74) is 0.690. The van der Waals surface area contributed by atoms with Crippen molar-refractivity contribution in [2.45, 2.75) is 18.1 Å². The lowest BCUT2D eigenvalue weighted by atomic mass is 10.2. The van der Waals surface area contributed by atoms with Crippen LogP contribution in [-0.2, 0) is 29.4 Å². The minimum absolute atomic E-state index is 0.0755. The van der Waals surface area contributed by atoms with Gasteiger partial charge in [-0.05, 0) is 17.7 Å². The van der Waals surface area contributed by atoms with Gasteiger partial charge in [0.1, 0.15) is 11.6 Å². The number of alkyl halides is 2. The van der Waals surface area contributed by atoms with E-state index in [4.69, 9.17) is 0 Å². The van der Waals surface area contributed by atoms with Gasteiger partial charge in [-0.1, -0.05) is 12.1 Å². The molecule has 0 N–H and O–H groups in total. The van der Waals surface area contributed by atoms with Crippen molar-refractivity contribution in [2.24, 2.45) is 7.05 Å². The SMILES string of the molecule is Cn1ccnc1C[S@](=O)Cc1cccc(OC(F)F)c1. The zero-order valence-electron chi connectivity index (χ0n) is 10.8. The van der Waals surface area contributed by atoms with Gasteiger partial charge in [-0.15, -0.1) is 0 Å². The van der Waals surface area contributed by atoms with Crippen LogP contribution >= 0.6 is 0 Å². The number of ether oxygens (including phenoxy) is 1. The zero-order chi connectivity index (χ0) is 14.5. The number of nitrogens with zero attached hydrogens (tertiary/aromatic N) is 2. The Morgan fingerprint density at radius 1 is 1.40 bits per heavy atom. The first-order valence-corrected chi connectivity index (χ1v) is 7.38. The summed E-state index contributed by atoms with van der Waals surface area (Å²) in [5, 5.41) is 0. The highest BCUT2D eigenvalue weighted by atomic mass is 32.2. The number of halogens is 2. The fourth-order valence-corrected chi connectivity index (χ4v) is 2.95. The first kappa shape index (κ1) is 14.6. The molecule has 0 aliphatic carbocycles. The Bertz CT molecular complexity index is 602.